The molecule has 5 nitrogen and oxygen atoms in total. The van der Waals surface area contributed by atoms with Crippen molar-refractivity contribution in [3.63, 3.8) is 0 Å². The predicted molar refractivity (Wildman–Crippen MR) is 58.7 cm³/mol. The van der Waals surface area contributed by atoms with Crippen LogP contribution in [0, 0.1) is 0 Å². The second-order valence-corrected chi connectivity index (χ2v) is 3.56. The van der Waals surface area contributed by atoms with Crippen LogP contribution in [0.3, 0.4) is 0 Å². The van der Waals surface area contributed by atoms with Gasteiger partial charge in [0.25, 0.3) is 5.91 Å². The van der Waals surface area contributed by atoms with Gasteiger partial charge in [-0.25, -0.2) is 0 Å². The summed E-state index contributed by atoms with van der Waals surface area (Å²) >= 11 is 1.04. The van der Waals surface area contributed by atoms with Crippen molar-refractivity contribution < 1.29 is 4.79 Å². The van der Waals surface area contributed by atoms with Gasteiger partial charge in [0.1, 0.15) is 0 Å². The van der Waals surface area contributed by atoms with Crippen molar-refractivity contribution in [2.45, 2.75) is 0 Å². The summed E-state index contributed by atoms with van der Waals surface area (Å²) in [5.74, 6) is -0.000229. The van der Waals surface area contributed by atoms with Gasteiger partial charge < -0.3 is 5.73 Å². The van der Waals surface area contributed by atoms with Crippen LogP contribution in [0.4, 0.5) is 11.1 Å². The van der Waals surface area contributed by atoms with Crippen molar-refractivity contribution in [3.8, 4) is 0 Å². The summed E-state index contributed by atoms with van der Waals surface area (Å²) < 4.78 is 3.85. The number of carbonyl (C=O) groups is 1. The van der Waals surface area contributed by atoms with Crippen LogP contribution in [0.2, 0.25) is 0 Å². The van der Waals surface area contributed by atoms with Crippen LogP contribution in [0.15, 0.2) is 30.3 Å². The standard InChI is InChI=1S/C9H8N4OS/c10-8-12-9(13-15-8)11-7(14)6-4-2-1-3-5-6/h1-5H,(H3,10,11,12,13,14). The molecule has 0 atom stereocenters. The third kappa shape index (κ3) is 2.29. The molecule has 1 amide bonds. The number of carbonyl (C=O) groups excluding carboxylic acids is 1. The second-order valence-electron chi connectivity index (χ2n) is 2.78. The van der Waals surface area contributed by atoms with E-state index in [0.29, 0.717) is 10.7 Å². The Kier molecular flexibility index (Phi) is 2.59. The molecule has 0 saturated carbocycles. The Bertz CT molecular complexity index is 468. The van der Waals surface area contributed by atoms with Gasteiger partial charge in [-0.1, -0.05) is 18.2 Å². The Morgan fingerprint density at radius 1 is 1.33 bits per heavy atom. The Morgan fingerprint density at radius 3 is 2.67 bits per heavy atom. The highest BCUT2D eigenvalue weighted by atomic mass is 32.1. The molecule has 6 heteroatoms. The number of nitrogen functional groups attached to an aromatic ring is 1. The SMILES string of the molecule is Nc1nc(NC(=O)c2ccccc2)ns1. The molecule has 0 radical (unpaired) electrons. The van der Waals surface area contributed by atoms with E-state index in [9.17, 15) is 4.79 Å². The van der Waals surface area contributed by atoms with Crippen LogP contribution in [0.25, 0.3) is 0 Å². The number of hydrogen-bond acceptors (Lipinski definition) is 5. The first kappa shape index (κ1) is 9.60. The zero-order chi connectivity index (χ0) is 10.7. The summed E-state index contributed by atoms with van der Waals surface area (Å²) in [7, 11) is 0. The number of nitrogens with zero attached hydrogens (tertiary/aromatic N) is 2. The maximum Gasteiger partial charge on any atom is 0.258 e. The molecule has 76 valence electrons. The second kappa shape index (κ2) is 4.05. The van der Waals surface area contributed by atoms with Gasteiger partial charge in [0, 0.05) is 17.1 Å². The Balaban J connectivity index is 2.11. The minimum absolute atomic E-state index is 0.242. The summed E-state index contributed by atoms with van der Waals surface area (Å²) in [5.41, 5.74) is 5.95. The topological polar surface area (TPSA) is 80.9 Å². The molecule has 0 aliphatic heterocycles. The quantitative estimate of drug-likeness (QED) is 0.801. The molecule has 2 rings (SSSR count). The molecule has 0 aliphatic carbocycles. The number of anilines is 2. The number of rotatable bonds is 2. The lowest BCUT2D eigenvalue weighted by Crippen LogP contribution is -2.12. The minimum atomic E-state index is -0.242. The van der Waals surface area contributed by atoms with E-state index in [-0.39, 0.29) is 11.9 Å². The van der Waals surface area contributed by atoms with Crippen molar-refractivity contribution in [2.75, 3.05) is 11.1 Å². The van der Waals surface area contributed by atoms with Crippen LogP contribution < -0.4 is 11.1 Å². The molecule has 3 N–H and O–H groups in total. The normalized spacial score (nSPS) is 9.87. The monoisotopic (exact) mass is 220 g/mol. The fourth-order valence-electron chi connectivity index (χ4n) is 1.05. The lowest BCUT2D eigenvalue weighted by atomic mass is 10.2. The van der Waals surface area contributed by atoms with E-state index in [0.717, 1.165) is 11.5 Å². The number of nitrogens with two attached hydrogens (primary N) is 1. The third-order valence-corrected chi connectivity index (χ3v) is 2.25. The van der Waals surface area contributed by atoms with Gasteiger partial charge in [-0.05, 0) is 12.1 Å². The Hall–Kier alpha value is -1.95. The highest BCUT2D eigenvalue weighted by Gasteiger charge is 2.07. The van der Waals surface area contributed by atoms with E-state index < -0.39 is 0 Å². The summed E-state index contributed by atoms with van der Waals surface area (Å²) in [4.78, 5) is 15.4. The molecule has 0 fully saturated rings. The van der Waals surface area contributed by atoms with Crippen molar-refractivity contribution >= 4 is 28.5 Å². The molecular formula is C9H8N4OS. The molecule has 0 aliphatic rings. The first-order valence-corrected chi connectivity index (χ1v) is 4.98. The fraction of sp³-hybridized carbons (Fsp3) is 0. The summed E-state index contributed by atoms with van der Waals surface area (Å²) in [6, 6.07) is 8.85. The minimum Gasteiger partial charge on any atom is -0.374 e. The molecule has 15 heavy (non-hydrogen) atoms. The molecule has 0 spiro atoms. The van der Waals surface area contributed by atoms with E-state index in [1.54, 1.807) is 24.3 Å². The highest BCUT2D eigenvalue weighted by Crippen LogP contribution is 2.10. The van der Waals surface area contributed by atoms with E-state index in [2.05, 4.69) is 14.7 Å². The summed E-state index contributed by atoms with van der Waals surface area (Å²) in [6.45, 7) is 0. The summed E-state index contributed by atoms with van der Waals surface area (Å²) in [5, 5.41) is 2.88. The van der Waals surface area contributed by atoms with E-state index >= 15 is 0 Å². The van der Waals surface area contributed by atoms with Gasteiger partial charge in [0.15, 0.2) is 0 Å². The van der Waals surface area contributed by atoms with Crippen molar-refractivity contribution in [1.82, 2.24) is 9.36 Å². The van der Waals surface area contributed by atoms with E-state index in [1.165, 1.54) is 0 Å². The molecule has 0 unspecified atom stereocenters. The molecule has 1 aromatic heterocycles. The average molecular weight is 220 g/mol. The van der Waals surface area contributed by atoms with Gasteiger partial charge in [-0.2, -0.15) is 9.36 Å². The van der Waals surface area contributed by atoms with Crippen LogP contribution in [0.5, 0.6) is 0 Å². The van der Waals surface area contributed by atoms with E-state index in [1.807, 2.05) is 6.07 Å². The van der Waals surface area contributed by atoms with Crippen LogP contribution in [-0.2, 0) is 0 Å². The van der Waals surface area contributed by atoms with Crippen molar-refractivity contribution in [1.29, 1.82) is 0 Å². The van der Waals surface area contributed by atoms with E-state index in [4.69, 9.17) is 5.73 Å². The zero-order valence-corrected chi connectivity index (χ0v) is 8.49. The largest absolute Gasteiger partial charge is 0.374 e. The molecule has 1 heterocycles. The van der Waals surface area contributed by atoms with Crippen LogP contribution in [0.1, 0.15) is 10.4 Å². The third-order valence-electron chi connectivity index (χ3n) is 1.70. The first-order valence-electron chi connectivity index (χ1n) is 4.21. The van der Waals surface area contributed by atoms with Gasteiger partial charge in [-0.3, -0.25) is 10.1 Å². The molecular weight excluding hydrogens is 212 g/mol. The van der Waals surface area contributed by atoms with Gasteiger partial charge in [0.2, 0.25) is 11.1 Å². The summed E-state index contributed by atoms with van der Waals surface area (Å²) in [6.07, 6.45) is 0. The van der Waals surface area contributed by atoms with Crippen LogP contribution >= 0.6 is 11.5 Å². The van der Waals surface area contributed by atoms with Gasteiger partial charge in [0.05, 0.1) is 0 Å². The van der Waals surface area contributed by atoms with Crippen molar-refractivity contribution in [3.05, 3.63) is 35.9 Å². The smallest absolute Gasteiger partial charge is 0.258 e. The van der Waals surface area contributed by atoms with Crippen LogP contribution in [-0.4, -0.2) is 15.3 Å². The number of benzene rings is 1. The Labute approximate surface area is 90.1 Å². The number of hydrogen-bond donors (Lipinski definition) is 2. The maximum absolute atomic E-state index is 11.6. The number of aromatic nitrogens is 2. The maximum atomic E-state index is 11.6. The van der Waals surface area contributed by atoms with Gasteiger partial charge >= 0.3 is 0 Å². The lowest BCUT2D eigenvalue weighted by molar-refractivity contribution is 0.102. The van der Waals surface area contributed by atoms with Gasteiger partial charge in [-0.15, -0.1) is 0 Å². The first-order chi connectivity index (χ1) is 7.25. The number of nitrogens with one attached hydrogen (secondary N) is 1. The highest BCUT2D eigenvalue weighted by molar-refractivity contribution is 7.09. The fourth-order valence-corrected chi connectivity index (χ4v) is 1.44. The predicted octanol–water partition coefficient (Wildman–Crippen LogP) is 1.37. The average Bonchev–Trinajstić information content (AvgIpc) is 2.65. The molecule has 0 saturated heterocycles. The molecule has 2 aromatic rings. The lowest BCUT2D eigenvalue weighted by Gasteiger charge is -1.99. The Morgan fingerprint density at radius 2 is 2.07 bits per heavy atom. The molecule has 1 aromatic carbocycles. The zero-order valence-electron chi connectivity index (χ0n) is 7.68. The number of amides is 1. The molecule has 0 bridgehead atoms. The van der Waals surface area contributed by atoms with Crippen molar-refractivity contribution in [2.24, 2.45) is 0 Å².